The van der Waals surface area contributed by atoms with Crippen LogP contribution in [0.4, 0.5) is 0 Å². The number of hydrogen-bond acceptors (Lipinski definition) is 5. The van der Waals surface area contributed by atoms with E-state index in [0.717, 1.165) is 0 Å². The molecule has 0 aliphatic rings. The summed E-state index contributed by atoms with van der Waals surface area (Å²) in [5.41, 5.74) is 0.802. The first-order valence-corrected chi connectivity index (χ1v) is 8.51. The molecular formula is C16H22N2O4S. The second-order valence-electron chi connectivity index (χ2n) is 5.77. The topological polar surface area (TPSA) is 94.6 Å². The van der Waals surface area contributed by atoms with Gasteiger partial charge in [-0.05, 0) is 38.3 Å². The lowest BCUT2D eigenvalue weighted by Gasteiger charge is -2.25. The Morgan fingerprint density at radius 2 is 2.22 bits per heavy atom. The number of aliphatic hydroxyl groups excluding tert-OH is 1. The van der Waals surface area contributed by atoms with Gasteiger partial charge in [0.25, 0.3) is 0 Å². The first-order valence-electron chi connectivity index (χ1n) is 7.28. The lowest BCUT2D eigenvalue weighted by molar-refractivity contribution is 0.0691. The summed E-state index contributed by atoms with van der Waals surface area (Å²) < 4.78 is 5.66. The maximum atomic E-state index is 11.0. The average molecular weight is 338 g/mol. The number of ether oxygens (including phenoxy) is 1. The Morgan fingerprint density at radius 1 is 1.48 bits per heavy atom. The van der Waals surface area contributed by atoms with Crippen LogP contribution in [0.3, 0.4) is 0 Å². The third kappa shape index (κ3) is 4.63. The Morgan fingerprint density at radius 3 is 2.87 bits per heavy atom. The van der Waals surface area contributed by atoms with Gasteiger partial charge >= 0.3 is 5.97 Å². The van der Waals surface area contributed by atoms with Gasteiger partial charge < -0.3 is 25.3 Å². The molecule has 0 saturated carbocycles. The molecule has 1 aromatic heterocycles. The molecule has 7 heteroatoms. The molecule has 6 nitrogen and oxygen atoms in total. The predicted octanol–water partition coefficient (Wildman–Crippen LogP) is 2.29. The van der Waals surface area contributed by atoms with E-state index in [9.17, 15) is 9.90 Å². The lowest BCUT2D eigenvalue weighted by Crippen LogP contribution is -2.42. The van der Waals surface area contributed by atoms with E-state index in [-0.39, 0.29) is 17.2 Å². The summed E-state index contributed by atoms with van der Waals surface area (Å²) in [6, 6.07) is 6.86. The van der Waals surface area contributed by atoms with Gasteiger partial charge in [-0.25, -0.2) is 4.79 Å². The van der Waals surface area contributed by atoms with Crippen LogP contribution in [0.5, 0.6) is 5.75 Å². The number of aromatic carboxylic acids is 1. The summed E-state index contributed by atoms with van der Waals surface area (Å²) >= 11 is 1.67. The van der Waals surface area contributed by atoms with Gasteiger partial charge in [0.05, 0.1) is 4.87 Å². The highest BCUT2D eigenvalue weighted by Gasteiger charge is 2.17. The fraction of sp³-hybridized carbons (Fsp3) is 0.438. The number of rotatable bonds is 8. The number of aromatic amines is 1. The average Bonchev–Trinajstić information content (AvgIpc) is 2.96. The summed E-state index contributed by atoms with van der Waals surface area (Å²) in [7, 11) is 0. The Kier molecular flexibility index (Phi) is 5.56. The molecule has 0 aliphatic carbocycles. The third-order valence-corrected chi connectivity index (χ3v) is 4.72. The summed E-state index contributed by atoms with van der Waals surface area (Å²) in [5.74, 6) is -0.467. The number of hydrogen-bond donors (Lipinski definition) is 4. The number of benzene rings is 1. The van der Waals surface area contributed by atoms with Crippen molar-refractivity contribution in [3.05, 3.63) is 30.0 Å². The van der Waals surface area contributed by atoms with Crippen molar-refractivity contribution < 1.29 is 19.7 Å². The monoisotopic (exact) mass is 338 g/mol. The molecule has 1 atom stereocenters. The van der Waals surface area contributed by atoms with Crippen LogP contribution in [0.1, 0.15) is 24.3 Å². The SMILES string of the molecule is CSC(C)(C)NCC(O)COc1cccc2[nH]c(C(=O)O)cc12. The zero-order valence-electron chi connectivity index (χ0n) is 13.4. The van der Waals surface area contributed by atoms with Gasteiger partial charge in [0.1, 0.15) is 24.2 Å². The van der Waals surface area contributed by atoms with Gasteiger partial charge in [-0.15, -0.1) is 11.8 Å². The highest BCUT2D eigenvalue weighted by molar-refractivity contribution is 7.99. The van der Waals surface area contributed by atoms with Crippen LogP contribution < -0.4 is 10.1 Å². The minimum Gasteiger partial charge on any atom is -0.490 e. The molecule has 2 rings (SSSR count). The van der Waals surface area contributed by atoms with Crippen molar-refractivity contribution in [3.8, 4) is 5.75 Å². The fourth-order valence-corrected chi connectivity index (χ4v) is 2.28. The summed E-state index contributed by atoms with van der Waals surface area (Å²) in [6.07, 6.45) is 1.34. The summed E-state index contributed by atoms with van der Waals surface area (Å²) in [4.78, 5) is 13.7. The van der Waals surface area contributed by atoms with Crippen molar-refractivity contribution in [1.82, 2.24) is 10.3 Å². The van der Waals surface area contributed by atoms with Crippen molar-refractivity contribution in [1.29, 1.82) is 0 Å². The molecule has 23 heavy (non-hydrogen) atoms. The molecule has 1 unspecified atom stereocenters. The van der Waals surface area contributed by atoms with E-state index in [4.69, 9.17) is 9.84 Å². The van der Waals surface area contributed by atoms with Gasteiger partial charge in [-0.2, -0.15) is 0 Å². The third-order valence-electron chi connectivity index (χ3n) is 3.56. The number of carboxylic acid groups (broad SMARTS) is 1. The molecule has 0 fully saturated rings. The van der Waals surface area contributed by atoms with Crippen molar-refractivity contribution in [2.45, 2.75) is 24.8 Å². The Hall–Kier alpha value is -1.70. The van der Waals surface area contributed by atoms with E-state index in [2.05, 4.69) is 10.3 Å². The van der Waals surface area contributed by atoms with Gasteiger partial charge in [0.15, 0.2) is 0 Å². The second kappa shape index (κ2) is 7.25. The van der Waals surface area contributed by atoms with E-state index in [0.29, 0.717) is 23.2 Å². The molecule has 4 N–H and O–H groups in total. The van der Waals surface area contributed by atoms with Crippen LogP contribution in [-0.4, -0.2) is 51.5 Å². The van der Waals surface area contributed by atoms with Crippen molar-refractivity contribution in [3.63, 3.8) is 0 Å². The number of thioether (sulfide) groups is 1. The molecule has 0 saturated heterocycles. The highest BCUT2D eigenvalue weighted by Crippen LogP contribution is 2.26. The van der Waals surface area contributed by atoms with Crippen LogP contribution in [0.25, 0.3) is 10.9 Å². The van der Waals surface area contributed by atoms with E-state index >= 15 is 0 Å². The van der Waals surface area contributed by atoms with Crippen LogP contribution in [0.2, 0.25) is 0 Å². The molecule has 1 heterocycles. The van der Waals surface area contributed by atoms with Crippen LogP contribution in [0.15, 0.2) is 24.3 Å². The van der Waals surface area contributed by atoms with E-state index in [1.54, 1.807) is 30.0 Å². The maximum Gasteiger partial charge on any atom is 0.352 e. The largest absolute Gasteiger partial charge is 0.490 e. The normalized spacial score (nSPS) is 13.2. The lowest BCUT2D eigenvalue weighted by atomic mass is 10.2. The molecule has 0 radical (unpaired) electrons. The van der Waals surface area contributed by atoms with Crippen LogP contribution in [-0.2, 0) is 0 Å². The number of aliphatic hydroxyl groups is 1. The van der Waals surface area contributed by atoms with Gasteiger partial charge in [-0.1, -0.05) is 6.07 Å². The first kappa shape index (κ1) is 17.7. The first-order chi connectivity index (χ1) is 10.8. The van der Waals surface area contributed by atoms with E-state index in [1.807, 2.05) is 20.1 Å². The predicted molar refractivity (Wildman–Crippen MR) is 92.4 cm³/mol. The van der Waals surface area contributed by atoms with Crippen LogP contribution >= 0.6 is 11.8 Å². The summed E-state index contributed by atoms with van der Waals surface area (Å²) in [5, 5.41) is 23.0. The molecule has 0 bridgehead atoms. The molecule has 0 amide bonds. The number of H-pyrrole nitrogens is 1. The molecule has 1 aromatic carbocycles. The second-order valence-corrected chi connectivity index (χ2v) is 7.19. The molecule has 0 aliphatic heterocycles. The van der Waals surface area contributed by atoms with Gasteiger partial charge in [0, 0.05) is 17.4 Å². The molecular weight excluding hydrogens is 316 g/mol. The van der Waals surface area contributed by atoms with Crippen LogP contribution in [0, 0.1) is 0 Å². The Labute approximate surface area is 139 Å². The molecule has 126 valence electrons. The van der Waals surface area contributed by atoms with Gasteiger partial charge in [0.2, 0.25) is 0 Å². The summed E-state index contributed by atoms with van der Waals surface area (Å²) in [6.45, 7) is 4.62. The quantitative estimate of drug-likeness (QED) is 0.552. The van der Waals surface area contributed by atoms with E-state index < -0.39 is 12.1 Å². The van der Waals surface area contributed by atoms with E-state index in [1.165, 1.54) is 6.07 Å². The Balaban J connectivity index is 2.00. The standard InChI is InChI=1S/C16H22N2O4S/c1-16(2,23-3)17-8-10(19)9-22-14-6-4-5-12-11(14)7-13(18-12)15(20)21/h4-7,10,17-19H,8-9H2,1-3H3,(H,20,21). The maximum absolute atomic E-state index is 11.0. The smallest absolute Gasteiger partial charge is 0.352 e. The number of carboxylic acids is 1. The Bertz CT molecular complexity index is 684. The number of nitrogens with one attached hydrogen (secondary N) is 2. The van der Waals surface area contributed by atoms with Crippen molar-refractivity contribution >= 4 is 28.6 Å². The molecule has 2 aromatic rings. The zero-order valence-corrected chi connectivity index (χ0v) is 14.2. The minimum atomic E-state index is -1.02. The number of fused-ring (bicyclic) bond motifs is 1. The number of carbonyl (C=O) groups is 1. The number of aromatic nitrogens is 1. The zero-order chi connectivity index (χ0) is 17.0. The minimum absolute atomic E-state index is 0.111. The van der Waals surface area contributed by atoms with Gasteiger partial charge in [-0.3, -0.25) is 0 Å². The highest BCUT2D eigenvalue weighted by atomic mass is 32.2. The fourth-order valence-electron chi connectivity index (χ4n) is 2.05. The van der Waals surface area contributed by atoms with Crippen molar-refractivity contribution in [2.24, 2.45) is 0 Å². The van der Waals surface area contributed by atoms with Crippen molar-refractivity contribution in [2.75, 3.05) is 19.4 Å². The molecule has 0 spiro atoms.